The van der Waals surface area contributed by atoms with E-state index in [1.165, 1.54) is 14.2 Å². The minimum Gasteiger partial charge on any atom is -0.467 e. The fourth-order valence-corrected chi connectivity index (χ4v) is 3.38. The third-order valence-corrected chi connectivity index (χ3v) is 4.91. The Morgan fingerprint density at radius 1 is 1.08 bits per heavy atom. The Morgan fingerprint density at radius 2 is 1.69 bits per heavy atom. The summed E-state index contributed by atoms with van der Waals surface area (Å²) < 4.78 is 15.5. The van der Waals surface area contributed by atoms with Gasteiger partial charge in [-0.3, -0.25) is 4.79 Å². The number of hydrogen-bond acceptors (Lipinski definition) is 8. The summed E-state index contributed by atoms with van der Waals surface area (Å²) in [5.74, 6) is 1.09. The Morgan fingerprint density at radius 3 is 2.27 bits per heavy atom. The van der Waals surface area contributed by atoms with E-state index < -0.39 is 0 Å². The molecule has 1 aromatic rings. The fourth-order valence-electron chi connectivity index (χ4n) is 3.38. The second kappa shape index (κ2) is 8.98. The van der Waals surface area contributed by atoms with Crippen LogP contribution in [0.15, 0.2) is 0 Å². The highest BCUT2D eigenvalue weighted by Gasteiger charge is 2.25. The molecular weight excluding hydrogens is 338 g/mol. The number of carbonyl (C=O) groups excluding carboxylic acids is 1. The zero-order valence-corrected chi connectivity index (χ0v) is 15.4. The second-order valence-electron chi connectivity index (χ2n) is 6.70. The maximum absolute atomic E-state index is 12.3. The number of piperidine rings is 1. The molecule has 1 amide bonds. The minimum atomic E-state index is 0.152. The zero-order valence-electron chi connectivity index (χ0n) is 15.4. The van der Waals surface area contributed by atoms with E-state index in [0.29, 0.717) is 18.3 Å². The molecule has 1 aromatic heterocycles. The molecule has 2 aliphatic heterocycles. The monoisotopic (exact) mass is 365 g/mol. The van der Waals surface area contributed by atoms with Gasteiger partial charge in [-0.15, -0.1) is 4.98 Å². The number of methoxy groups -OCH3 is 2. The summed E-state index contributed by atoms with van der Waals surface area (Å²) in [7, 11) is 3.03. The van der Waals surface area contributed by atoms with Crippen molar-refractivity contribution in [3.8, 4) is 12.0 Å². The van der Waals surface area contributed by atoms with Crippen LogP contribution in [-0.4, -0.2) is 67.4 Å². The summed E-state index contributed by atoms with van der Waals surface area (Å²) >= 11 is 0. The molecule has 0 saturated carbocycles. The molecule has 3 heterocycles. The molecule has 26 heavy (non-hydrogen) atoms. The average molecular weight is 365 g/mol. The van der Waals surface area contributed by atoms with Gasteiger partial charge in [0.15, 0.2) is 0 Å². The highest BCUT2D eigenvalue weighted by atomic mass is 16.5. The topological polar surface area (TPSA) is 98.7 Å². The first-order chi connectivity index (χ1) is 12.7. The van der Waals surface area contributed by atoms with Gasteiger partial charge in [-0.1, -0.05) is 0 Å². The van der Waals surface area contributed by atoms with E-state index in [9.17, 15) is 4.79 Å². The molecule has 0 aromatic carbocycles. The fraction of sp³-hybridized carbons (Fsp3) is 0.765. The lowest BCUT2D eigenvalue weighted by Crippen LogP contribution is -2.41. The van der Waals surface area contributed by atoms with Gasteiger partial charge in [-0.25, -0.2) is 0 Å². The Labute approximate surface area is 153 Å². The van der Waals surface area contributed by atoms with Gasteiger partial charge in [-0.05, 0) is 31.6 Å². The minimum absolute atomic E-state index is 0.152. The van der Waals surface area contributed by atoms with Crippen LogP contribution >= 0.6 is 0 Å². The van der Waals surface area contributed by atoms with Gasteiger partial charge in [0.2, 0.25) is 11.9 Å². The first-order valence-electron chi connectivity index (χ1n) is 9.14. The average Bonchev–Trinajstić information content (AvgIpc) is 2.68. The van der Waals surface area contributed by atoms with Crippen LogP contribution < -0.4 is 19.7 Å². The standard InChI is InChI=1S/C17H27N5O4/c1-24-16-19-15(20-17(21-16)25-2)22-7-3-12(4-8-22)11-14(23)18-13-5-9-26-10-6-13/h12-13H,3-11H2,1-2H3,(H,18,23). The number of ether oxygens (including phenoxy) is 3. The van der Waals surface area contributed by atoms with Crippen LogP contribution in [0, 0.1) is 5.92 Å². The summed E-state index contributed by atoms with van der Waals surface area (Å²) in [6.45, 7) is 3.07. The van der Waals surface area contributed by atoms with Crippen LogP contribution in [0.4, 0.5) is 5.95 Å². The van der Waals surface area contributed by atoms with Crippen molar-refractivity contribution in [2.24, 2.45) is 5.92 Å². The van der Waals surface area contributed by atoms with E-state index in [1.54, 1.807) is 0 Å². The maximum atomic E-state index is 12.3. The van der Waals surface area contributed by atoms with Crippen LogP contribution in [0.2, 0.25) is 0 Å². The Kier molecular flexibility index (Phi) is 6.43. The van der Waals surface area contributed by atoms with Crippen molar-refractivity contribution in [3.63, 3.8) is 0 Å². The van der Waals surface area contributed by atoms with E-state index in [0.717, 1.165) is 52.0 Å². The first-order valence-corrected chi connectivity index (χ1v) is 9.14. The highest BCUT2D eigenvalue weighted by Crippen LogP contribution is 2.25. The summed E-state index contributed by atoms with van der Waals surface area (Å²) in [5.41, 5.74) is 0. The van der Waals surface area contributed by atoms with Crippen molar-refractivity contribution in [1.29, 1.82) is 0 Å². The number of amides is 1. The van der Waals surface area contributed by atoms with Gasteiger partial charge in [0.1, 0.15) is 0 Å². The number of rotatable bonds is 6. The molecule has 0 radical (unpaired) electrons. The summed E-state index contributed by atoms with van der Waals surface area (Å²) in [5, 5.41) is 3.14. The van der Waals surface area contributed by atoms with Gasteiger partial charge < -0.3 is 24.4 Å². The quantitative estimate of drug-likeness (QED) is 0.790. The lowest BCUT2D eigenvalue weighted by atomic mass is 9.93. The third kappa shape index (κ3) is 4.94. The zero-order chi connectivity index (χ0) is 18.4. The van der Waals surface area contributed by atoms with E-state index in [1.807, 2.05) is 0 Å². The van der Waals surface area contributed by atoms with Crippen LogP contribution in [0.1, 0.15) is 32.1 Å². The van der Waals surface area contributed by atoms with E-state index in [2.05, 4.69) is 25.2 Å². The lowest BCUT2D eigenvalue weighted by molar-refractivity contribution is -0.123. The van der Waals surface area contributed by atoms with Gasteiger partial charge in [-0.2, -0.15) is 9.97 Å². The smallest absolute Gasteiger partial charge is 0.324 e. The van der Waals surface area contributed by atoms with E-state index in [-0.39, 0.29) is 24.0 Å². The molecule has 3 rings (SSSR count). The van der Waals surface area contributed by atoms with E-state index in [4.69, 9.17) is 14.2 Å². The molecule has 0 spiro atoms. The van der Waals surface area contributed by atoms with Crippen molar-refractivity contribution in [1.82, 2.24) is 20.3 Å². The number of carbonyl (C=O) groups is 1. The Balaban J connectivity index is 1.48. The molecule has 0 bridgehead atoms. The summed E-state index contributed by atoms with van der Waals surface area (Å²) in [6.07, 6.45) is 4.25. The van der Waals surface area contributed by atoms with Crippen molar-refractivity contribution < 1.29 is 19.0 Å². The highest BCUT2D eigenvalue weighted by molar-refractivity contribution is 5.76. The lowest BCUT2D eigenvalue weighted by Gasteiger charge is -2.32. The first kappa shape index (κ1) is 18.6. The summed E-state index contributed by atoms with van der Waals surface area (Å²) in [4.78, 5) is 27.0. The van der Waals surface area contributed by atoms with Crippen LogP contribution in [0.5, 0.6) is 12.0 Å². The normalized spacial score (nSPS) is 19.2. The summed E-state index contributed by atoms with van der Waals surface area (Å²) in [6, 6.07) is 0.746. The van der Waals surface area contributed by atoms with Gasteiger partial charge in [0.25, 0.3) is 0 Å². The molecule has 144 valence electrons. The van der Waals surface area contributed by atoms with Gasteiger partial charge >= 0.3 is 12.0 Å². The van der Waals surface area contributed by atoms with Gasteiger partial charge in [0.05, 0.1) is 14.2 Å². The van der Waals surface area contributed by atoms with Crippen molar-refractivity contribution in [3.05, 3.63) is 0 Å². The third-order valence-electron chi connectivity index (χ3n) is 4.91. The van der Waals surface area contributed by atoms with Crippen LogP contribution in [-0.2, 0) is 9.53 Å². The molecule has 2 saturated heterocycles. The molecule has 0 atom stereocenters. The number of anilines is 1. The van der Waals surface area contributed by atoms with E-state index >= 15 is 0 Å². The molecule has 9 nitrogen and oxygen atoms in total. The molecule has 1 N–H and O–H groups in total. The second-order valence-corrected chi connectivity index (χ2v) is 6.70. The number of aromatic nitrogens is 3. The predicted octanol–water partition coefficient (Wildman–Crippen LogP) is 0.791. The largest absolute Gasteiger partial charge is 0.467 e. The van der Waals surface area contributed by atoms with Crippen LogP contribution in [0.25, 0.3) is 0 Å². The Hall–Kier alpha value is -2.16. The molecule has 9 heteroatoms. The number of nitrogens with zero attached hydrogens (tertiary/aromatic N) is 4. The maximum Gasteiger partial charge on any atom is 0.324 e. The molecule has 2 fully saturated rings. The van der Waals surface area contributed by atoms with Gasteiger partial charge in [0, 0.05) is 38.8 Å². The van der Waals surface area contributed by atoms with Crippen molar-refractivity contribution >= 4 is 11.9 Å². The van der Waals surface area contributed by atoms with Crippen LogP contribution in [0.3, 0.4) is 0 Å². The molecular formula is C17H27N5O4. The predicted molar refractivity (Wildman–Crippen MR) is 94.5 cm³/mol. The Bertz CT molecular complexity index is 579. The SMILES string of the molecule is COc1nc(OC)nc(N2CCC(CC(=O)NC3CCOCC3)CC2)n1. The van der Waals surface area contributed by atoms with Crippen molar-refractivity contribution in [2.75, 3.05) is 45.4 Å². The number of nitrogens with one attached hydrogen (secondary N) is 1. The number of hydrogen-bond donors (Lipinski definition) is 1. The molecule has 2 aliphatic rings. The van der Waals surface area contributed by atoms with Crippen molar-refractivity contribution in [2.45, 2.75) is 38.1 Å². The molecule has 0 aliphatic carbocycles. The molecule has 0 unspecified atom stereocenters.